The van der Waals surface area contributed by atoms with Crippen LogP contribution in [0.15, 0.2) is 48.0 Å². The Morgan fingerprint density at radius 2 is 2.16 bits per heavy atom. The van der Waals surface area contributed by atoms with E-state index in [4.69, 9.17) is 10.4 Å². The second-order valence-corrected chi connectivity index (χ2v) is 5.60. The lowest BCUT2D eigenvalue weighted by Gasteiger charge is -2.08. The van der Waals surface area contributed by atoms with E-state index in [1.165, 1.54) is 0 Å². The molecule has 1 heterocycles. The van der Waals surface area contributed by atoms with Crippen LogP contribution in [0.3, 0.4) is 0 Å². The molecule has 6 nitrogen and oxygen atoms in total. The highest BCUT2D eigenvalue weighted by Gasteiger charge is 2.06. The van der Waals surface area contributed by atoms with E-state index >= 15 is 0 Å². The molecule has 0 unspecified atom stereocenters. The van der Waals surface area contributed by atoms with Gasteiger partial charge in [-0.15, -0.1) is 0 Å². The number of hydrogen-bond acceptors (Lipinski definition) is 4. The highest BCUT2D eigenvalue weighted by Crippen LogP contribution is 2.20. The molecule has 6 heteroatoms. The fourth-order valence-corrected chi connectivity index (χ4v) is 2.47. The number of imidazole rings is 1. The highest BCUT2D eigenvalue weighted by molar-refractivity contribution is 5.92. The van der Waals surface area contributed by atoms with Crippen LogP contribution in [0.2, 0.25) is 0 Å². The van der Waals surface area contributed by atoms with E-state index in [1.54, 1.807) is 31.2 Å². The third-order valence-electron chi connectivity index (χ3n) is 3.78. The molecule has 0 saturated carbocycles. The van der Waals surface area contributed by atoms with E-state index in [1.807, 2.05) is 24.3 Å². The Balaban J connectivity index is 1.81. The summed E-state index contributed by atoms with van der Waals surface area (Å²) in [6.45, 7) is 2.01. The maximum Gasteiger partial charge on any atom is 0.331 e. The molecule has 0 amide bonds. The zero-order chi connectivity index (χ0) is 17.8. The molecule has 0 radical (unpaired) electrons. The predicted octanol–water partition coefficient (Wildman–Crippen LogP) is 3.53. The van der Waals surface area contributed by atoms with E-state index in [0.29, 0.717) is 12.1 Å². The van der Waals surface area contributed by atoms with Crippen molar-refractivity contribution in [2.45, 2.75) is 13.5 Å². The number of aliphatic carboxylic acids is 1. The van der Waals surface area contributed by atoms with Gasteiger partial charge in [0.25, 0.3) is 0 Å². The molecule has 0 aliphatic carbocycles. The molecule has 0 saturated heterocycles. The van der Waals surface area contributed by atoms with Crippen molar-refractivity contribution >= 4 is 28.8 Å². The molecule has 1 aromatic heterocycles. The van der Waals surface area contributed by atoms with Crippen molar-refractivity contribution in [1.29, 1.82) is 5.26 Å². The lowest BCUT2D eigenvalue weighted by Crippen LogP contribution is -2.03. The Morgan fingerprint density at radius 1 is 1.36 bits per heavy atom. The second-order valence-electron chi connectivity index (χ2n) is 5.60. The Morgan fingerprint density at radius 3 is 2.92 bits per heavy atom. The van der Waals surface area contributed by atoms with Gasteiger partial charge in [0.15, 0.2) is 0 Å². The normalized spacial score (nSPS) is 11.3. The number of carboxylic acids is 1. The van der Waals surface area contributed by atoms with Gasteiger partial charge in [-0.05, 0) is 42.8 Å². The summed E-state index contributed by atoms with van der Waals surface area (Å²) in [6, 6.07) is 14.9. The summed E-state index contributed by atoms with van der Waals surface area (Å²) in [5.74, 6) is -0.209. The number of nitriles is 1. The summed E-state index contributed by atoms with van der Waals surface area (Å²) in [4.78, 5) is 18.7. The number of nitrogens with one attached hydrogen (secondary N) is 2. The van der Waals surface area contributed by atoms with Crippen LogP contribution in [0.25, 0.3) is 17.1 Å². The van der Waals surface area contributed by atoms with Crippen molar-refractivity contribution < 1.29 is 9.90 Å². The van der Waals surface area contributed by atoms with Gasteiger partial charge < -0.3 is 15.4 Å². The molecular formula is C19H16N4O2. The van der Waals surface area contributed by atoms with Crippen molar-refractivity contribution in [2.75, 3.05) is 5.32 Å². The van der Waals surface area contributed by atoms with E-state index in [-0.39, 0.29) is 5.57 Å². The van der Waals surface area contributed by atoms with E-state index < -0.39 is 5.97 Å². The number of rotatable bonds is 5. The lowest BCUT2D eigenvalue weighted by molar-refractivity contribution is -0.132. The first-order valence-corrected chi connectivity index (χ1v) is 7.70. The average Bonchev–Trinajstić information content (AvgIpc) is 3.02. The first-order chi connectivity index (χ1) is 12.1. The van der Waals surface area contributed by atoms with Crippen LogP contribution >= 0.6 is 0 Å². The van der Waals surface area contributed by atoms with Gasteiger partial charge >= 0.3 is 5.97 Å². The van der Waals surface area contributed by atoms with Crippen LogP contribution in [0, 0.1) is 11.3 Å². The minimum absolute atomic E-state index is 0.266. The first kappa shape index (κ1) is 16.3. The fourth-order valence-electron chi connectivity index (χ4n) is 2.47. The van der Waals surface area contributed by atoms with Crippen LogP contribution in [0.1, 0.15) is 23.9 Å². The molecule has 25 heavy (non-hydrogen) atoms. The number of anilines is 1. The molecule has 0 bridgehead atoms. The van der Waals surface area contributed by atoms with Gasteiger partial charge in [-0.25, -0.2) is 9.78 Å². The van der Waals surface area contributed by atoms with E-state index in [2.05, 4.69) is 21.4 Å². The van der Waals surface area contributed by atoms with Crippen LogP contribution in [-0.2, 0) is 11.3 Å². The van der Waals surface area contributed by atoms with Gasteiger partial charge in [-0.1, -0.05) is 18.2 Å². The number of aromatic amines is 1. The Hall–Kier alpha value is -3.59. The molecule has 0 atom stereocenters. The van der Waals surface area contributed by atoms with Gasteiger partial charge in [0.1, 0.15) is 5.82 Å². The summed E-state index contributed by atoms with van der Waals surface area (Å²) in [5.41, 5.74) is 4.07. The zero-order valence-electron chi connectivity index (χ0n) is 13.6. The molecule has 0 aliphatic heterocycles. The minimum atomic E-state index is -0.944. The van der Waals surface area contributed by atoms with Crippen LogP contribution in [0.5, 0.6) is 0 Å². The number of hydrogen-bond donors (Lipinski definition) is 3. The van der Waals surface area contributed by atoms with Gasteiger partial charge in [-0.3, -0.25) is 0 Å². The maximum absolute atomic E-state index is 11.0. The molecule has 0 spiro atoms. The third-order valence-corrected chi connectivity index (χ3v) is 3.78. The lowest BCUT2D eigenvalue weighted by atomic mass is 10.1. The van der Waals surface area contributed by atoms with Crippen LogP contribution in [0.4, 0.5) is 5.69 Å². The smallest absolute Gasteiger partial charge is 0.331 e. The largest absolute Gasteiger partial charge is 0.478 e. The SMILES string of the molecule is C/C(=C\c1ccccc1NCc1nc2ccc(C#N)cc2[nH]1)C(=O)O. The van der Waals surface area contributed by atoms with Crippen molar-refractivity contribution in [3.63, 3.8) is 0 Å². The fraction of sp³-hybridized carbons (Fsp3) is 0.105. The summed E-state index contributed by atoms with van der Waals surface area (Å²) in [6.07, 6.45) is 1.63. The molecule has 2 aromatic carbocycles. The van der Waals surface area contributed by atoms with Gasteiger partial charge in [0.2, 0.25) is 0 Å². The molecule has 124 valence electrons. The second kappa shape index (κ2) is 6.89. The predicted molar refractivity (Wildman–Crippen MR) is 95.9 cm³/mol. The molecule has 0 aliphatic rings. The van der Waals surface area contributed by atoms with Crippen molar-refractivity contribution in [3.05, 3.63) is 65.0 Å². The number of carboxylic acid groups (broad SMARTS) is 1. The first-order valence-electron chi connectivity index (χ1n) is 7.70. The summed E-state index contributed by atoms with van der Waals surface area (Å²) in [5, 5.41) is 21.3. The Labute approximate surface area is 144 Å². The number of para-hydroxylation sites is 1. The average molecular weight is 332 g/mol. The standard InChI is InChI=1S/C19H16N4O2/c1-12(19(24)25)8-14-4-2-3-5-15(14)21-11-18-22-16-7-6-13(10-20)9-17(16)23-18/h2-9,21H,11H2,1H3,(H,22,23)(H,24,25)/b12-8+. The number of carbonyl (C=O) groups is 1. The number of H-pyrrole nitrogens is 1. The molecule has 3 rings (SSSR count). The van der Waals surface area contributed by atoms with Crippen molar-refractivity contribution in [1.82, 2.24) is 9.97 Å². The van der Waals surface area contributed by atoms with Crippen molar-refractivity contribution in [2.24, 2.45) is 0 Å². The maximum atomic E-state index is 11.0. The monoisotopic (exact) mass is 332 g/mol. The summed E-state index contributed by atoms with van der Waals surface area (Å²) < 4.78 is 0. The van der Waals surface area contributed by atoms with Gasteiger partial charge in [-0.2, -0.15) is 5.26 Å². The van der Waals surface area contributed by atoms with Crippen LogP contribution in [-0.4, -0.2) is 21.0 Å². The highest BCUT2D eigenvalue weighted by atomic mass is 16.4. The quantitative estimate of drug-likeness (QED) is 0.620. The van der Waals surface area contributed by atoms with Gasteiger partial charge in [0.05, 0.1) is 29.2 Å². The van der Waals surface area contributed by atoms with E-state index in [9.17, 15) is 4.79 Å². The van der Waals surface area contributed by atoms with E-state index in [0.717, 1.165) is 28.1 Å². The molecule has 3 N–H and O–H groups in total. The summed E-state index contributed by atoms with van der Waals surface area (Å²) >= 11 is 0. The van der Waals surface area contributed by atoms with Crippen LogP contribution < -0.4 is 5.32 Å². The molecule has 3 aromatic rings. The Bertz CT molecular complexity index is 1010. The van der Waals surface area contributed by atoms with Crippen molar-refractivity contribution in [3.8, 4) is 6.07 Å². The minimum Gasteiger partial charge on any atom is -0.478 e. The number of aromatic nitrogens is 2. The van der Waals surface area contributed by atoms with Gasteiger partial charge in [0, 0.05) is 11.3 Å². The number of fused-ring (bicyclic) bond motifs is 1. The summed E-state index contributed by atoms with van der Waals surface area (Å²) in [7, 11) is 0. The molecular weight excluding hydrogens is 316 g/mol. The topological polar surface area (TPSA) is 102 Å². The third kappa shape index (κ3) is 3.67. The Kier molecular flexibility index (Phi) is 4.48. The number of benzene rings is 2. The zero-order valence-corrected chi connectivity index (χ0v) is 13.6. The molecule has 0 fully saturated rings. The number of nitrogens with zero attached hydrogens (tertiary/aromatic N) is 2.